The van der Waals surface area contributed by atoms with Gasteiger partial charge in [-0.05, 0) is 44.4 Å². The third-order valence-electron chi connectivity index (χ3n) is 3.68. The van der Waals surface area contributed by atoms with E-state index in [4.69, 9.17) is 0 Å². The Balaban J connectivity index is 1.76. The smallest absolute Gasteiger partial charge is 0.257 e. The molecule has 8 nitrogen and oxygen atoms in total. The van der Waals surface area contributed by atoms with E-state index in [0.717, 1.165) is 0 Å². The molecule has 2 amide bonds. The van der Waals surface area contributed by atoms with Crippen LogP contribution in [0.25, 0.3) is 5.69 Å². The van der Waals surface area contributed by atoms with Gasteiger partial charge in [-0.15, -0.1) is 0 Å². The highest BCUT2D eigenvalue weighted by Gasteiger charge is 2.13. The molecule has 3 aromatic rings. The lowest BCUT2D eigenvalue weighted by Gasteiger charge is -2.12. The number of aromatic nitrogens is 3. The molecule has 138 valence electrons. The zero-order valence-corrected chi connectivity index (χ0v) is 15.1. The Kier molecular flexibility index (Phi) is 5.58. The average Bonchev–Trinajstić information content (AvgIpc) is 3.15. The molecule has 0 spiro atoms. The zero-order chi connectivity index (χ0) is 19.2. The largest absolute Gasteiger partial charge is 0.325 e. The van der Waals surface area contributed by atoms with E-state index in [1.807, 2.05) is 20.2 Å². The summed E-state index contributed by atoms with van der Waals surface area (Å²) in [5.41, 5.74) is 2.29. The van der Waals surface area contributed by atoms with Crippen LogP contribution in [0.2, 0.25) is 0 Å². The number of nitrogens with zero attached hydrogens (tertiary/aromatic N) is 4. The first-order valence-corrected chi connectivity index (χ1v) is 8.33. The van der Waals surface area contributed by atoms with E-state index < -0.39 is 0 Å². The van der Waals surface area contributed by atoms with E-state index in [1.165, 1.54) is 17.3 Å². The number of rotatable bonds is 6. The number of hydrogen-bond donors (Lipinski definition) is 2. The Hall–Kier alpha value is -3.52. The van der Waals surface area contributed by atoms with Crippen LogP contribution in [0.5, 0.6) is 0 Å². The normalized spacial score (nSPS) is 10.6. The van der Waals surface area contributed by atoms with Crippen molar-refractivity contribution >= 4 is 23.2 Å². The van der Waals surface area contributed by atoms with Crippen LogP contribution in [-0.2, 0) is 4.79 Å². The van der Waals surface area contributed by atoms with Crippen molar-refractivity contribution in [2.24, 2.45) is 0 Å². The van der Waals surface area contributed by atoms with Gasteiger partial charge in [-0.2, -0.15) is 5.10 Å². The highest BCUT2D eigenvalue weighted by Crippen LogP contribution is 2.18. The van der Waals surface area contributed by atoms with Crippen molar-refractivity contribution in [3.05, 3.63) is 66.7 Å². The fourth-order valence-corrected chi connectivity index (χ4v) is 2.56. The number of nitrogens with one attached hydrogen (secondary N) is 2. The van der Waals surface area contributed by atoms with Gasteiger partial charge in [-0.25, -0.2) is 9.67 Å². The number of benzene rings is 2. The fourth-order valence-electron chi connectivity index (χ4n) is 2.56. The number of carbonyl (C=O) groups excluding carboxylic acids is 2. The van der Waals surface area contributed by atoms with Crippen LogP contribution >= 0.6 is 0 Å². The Morgan fingerprint density at radius 1 is 1.04 bits per heavy atom. The number of para-hydroxylation sites is 1. The Bertz CT molecular complexity index is 937. The lowest BCUT2D eigenvalue weighted by Crippen LogP contribution is -2.27. The van der Waals surface area contributed by atoms with Crippen molar-refractivity contribution in [2.45, 2.75) is 0 Å². The summed E-state index contributed by atoms with van der Waals surface area (Å²) in [5.74, 6) is -0.405. The van der Waals surface area contributed by atoms with Gasteiger partial charge in [0.2, 0.25) is 5.91 Å². The van der Waals surface area contributed by atoms with Gasteiger partial charge in [0.15, 0.2) is 0 Å². The van der Waals surface area contributed by atoms with Crippen molar-refractivity contribution in [3.8, 4) is 5.69 Å². The second kappa shape index (κ2) is 8.24. The van der Waals surface area contributed by atoms with Crippen LogP contribution in [0.4, 0.5) is 11.4 Å². The molecule has 0 bridgehead atoms. The molecular formula is C19H20N6O2. The quantitative estimate of drug-likeness (QED) is 0.698. The number of amides is 2. The van der Waals surface area contributed by atoms with Gasteiger partial charge in [0.25, 0.3) is 5.91 Å². The third-order valence-corrected chi connectivity index (χ3v) is 3.68. The first kappa shape index (κ1) is 18.3. The zero-order valence-electron chi connectivity index (χ0n) is 15.1. The first-order chi connectivity index (χ1) is 13.0. The lowest BCUT2D eigenvalue weighted by molar-refractivity contribution is -0.116. The molecular weight excluding hydrogens is 344 g/mol. The summed E-state index contributed by atoms with van der Waals surface area (Å²) in [4.78, 5) is 30.3. The molecule has 0 saturated heterocycles. The van der Waals surface area contributed by atoms with Gasteiger partial charge >= 0.3 is 0 Å². The van der Waals surface area contributed by atoms with E-state index >= 15 is 0 Å². The summed E-state index contributed by atoms with van der Waals surface area (Å²) < 4.78 is 1.53. The minimum atomic E-state index is -0.280. The highest BCUT2D eigenvalue weighted by atomic mass is 16.2. The molecule has 3 rings (SSSR count). The molecule has 0 unspecified atom stereocenters. The maximum Gasteiger partial charge on any atom is 0.257 e. The van der Waals surface area contributed by atoms with Gasteiger partial charge in [-0.1, -0.05) is 18.2 Å². The Morgan fingerprint density at radius 3 is 2.48 bits per heavy atom. The van der Waals surface area contributed by atoms with Gasteiger partial charge < -0.3 is 15.5 Å². The molecule has 0 fully saturated rings. The highest BCUT2D eigenvalue weighted by molar-refractivity contribution is 6.07. The molecule has 0 radical (unpaired) electrons. The van der Waals surface area contributed by atoms with E-state index in [9.17, 15) is 9.59 Å². The fraction of sp³-hybridized carbons (Fsp3) is 0.158. The predicted octanol–water partition coefficient (Wildman–Crippen LogP) is 2.02. The summed E-state index contributed by atoms with van der Waals surface area (Å²) in [6.07, 6.45) is 2.95. The summed E-state index contributed by atoms with van der Waals surface area (Å²) in [6.45, 7) is 0.280. The van der Waals surface area contributed by atoms with Crippen molar-refractivity contribution in [3.63, 3.8) is 0 Å². The molecule has 1 aromatic heterocycles. The minimum Gasteiger partial charge on any atom is -0.325 e. The van der Waals surface area contributed by atoms with Crippen LogP contribution in [0.3, 0.4) is 0 Å². The molecule has 2 N–H and O–H groups in total. The molecule has 0 aliphatic heterocycles. The molecule has 1 heterocycles. The van der Waals surface area contributed by atoms with Crippen molar-refractivity contribution < 1.29 is 9.59 Å². The third kappa shape index (κ3) is 4.77. The summed E-state index contributed by atoms with van der Waals surface area (Å²) >= 11 is 0. The molecule has 8 heteroatoms. The van der Waals surface area contributed by atoms with E-state index in [2.05, 4.69) is 20.7 Å². The van der Waals surface area contributed by atoms with Gasteiger partial charge in [0.05, 0.1) is 17.8 Å². The number of carbonyl (C=O) groups is 2. The molecule has 0 aliphatic rings. The monoisotopic (exact) mass is 364 g/mol. The molecule has 0 atom stereocenters. The first-order valence-electron chi connectivity index (χ1n) is 8.33. The Labute approximate surface area is 156 Å². The van der Waals surface area contributed by atoms with Gasteiger partial charge in [-0.3, -0.25) is 9.59 Å². The maximum absolute atomic E-state index is 12.7. The maximum atomic E-state index is 12.7. The number of anilines is 2. The molecule has 0 saturated carbocycles. The standard InChI is InChI=1S/C19H20N6O2/c1-24(2)11-18(26)22-14-6-5-7-15(10-14)23-19(27)16-8-3-4-9-17(16)25-13-20-12-21-25/h3-10,12-13H,11H2,1-2H3,(H,22,26)(H,23,27). The van der Waals surface area contributed by atoms with Crippen LogP contribution in [0, 0.1) is 0 Å². The average molecular weight is 364 g/mol. The topological polar surface area (TPSA) is 92.2 Å². The van der Waals surface area contributed by atoms with Crippen molar-refractivity contribution in [1.29, 1.82) is 0 Å². The summed E-state index contributed by atoms with van der Waals surface area (Å²) in [6, 6.07) is 14.1. The number of likely N-dealkylation sites (N-methyl/N-ethyl adjacent to an activating group) is 1. The van der Waals surface area contributed by atoms with Crippen LogP contribution in [0.1, 0.15) is 10.4 Å². The lowest BCUT2D eigenvalue weighted by atomic mass is 10.1. The summed E-state index contributed by atoms with van der Waals surface area (Å²) in [7, 11) is 3.64. The SMILES string of the molecule is CN(C)CC(=O)Nc1cccc(NC(=O)c2ccccc2-n2cncn2)c1. The molecule has 2 aromatic carbocycles. The van der Waals surface area contributed by atoms with Crippen LogP contribution < -0.4 is 10.6 Å². The van der Waals surface area contributed by atoms with E-state index in [-0.39, 0.29) is 18.4 Å². The predicted molar refractivity (Wildman–Crippen MR) is 103 cm³/mol. The Morgan fingerprint density at radius 2 is 1.78 bits per heavy atom. The van der Waals surface area contributed by atoms with Crippen LogP contribution in [0.15, 0.2) is 61.2 Å². The van der Waals surface area contributed by atoms with Crippen molar-refractivity contribution in [2.75, 3.05) is 31.3 Å². The molecule has 0 aliphatic carbocycles. The second-order valence-electron chi connectivity index (χ2n) is 6.18. The minimum absolute atomic E-state index is 0.125. The van der Waals surface area contributed by atoms with Crippen molar-refractivity contribution in [1.82, 2.24) is 19.7 Å². The summed E-state index contributed by atoms with van der Waals surface area (Å²) in [5, 5.41) is 9.74. The van der Waals surface area contributed by atoms with E-state index in [1.54, 1.807) is 47.4 Å². The van der Waals surface area contributed by atoms with Gasteiger partial charge in [0, 0.05) is 11.4 Å². The molecule has 27 heavy (non-hydrogen) atoms. The van der Waals surface area contributed by atoms with Gasteiger partial charge in [0.1, 0.15) is 12.7 Å². The van der Waals surface area contributed by atoms with E-state index in [0.29, 0.717) is 22.6 Å². The number of hydrogen-bond acceptors (Lipinski definition) is 5. The second-order valence-corrected chi connectivity index (χ2v) is 6.18. The van der Waals surface area contributed by atoms with Crippen LogP contribution in [-0.4, -0.2) is 52.1 Å².